The van der Waals surface area contributed by atoms with Gasteiger partial charge < -0.3 is 10.5 Å². The molecule has 4 rings (SSSR count). The lowest BCUT2D eigenvalue weighted by Gasteiger charge is -2.07. The number of hydrogen-bond acceptors (Lipinski definition) is 9. The molecular formula is C19H18N6OS2. The highest BCUT2D eigenvalue weighted by molar-refractivity contribution is 7.17. The topological polar surface area (TPSA) is 98.3 Å². The molecule has 1 aromatic carbocycles. The summed E-state index contributed by atoms with van der Waals surface area (Å²) in [4.78, 5) is 9.69. The fourth-order valence-corrected chi connectivity index (χ4v) is 4.59. The maximum atomic E-state index is 6.02. The van der Waals surface area contributed by atoms with Crippen LogP contribution >= 0.6 is 22.9 Å². The summed E-state index contributed by atoms with van der Waals surface area (Å²) in [7, 11) is 1.66. The van der Waals surface area contributed by atoms with Crippen LogP contribution in [0.3, 0.4) is 0 Å². The van der Waals surface area contributed by atoms with E-state index < -0.39 is 0 Å². The van der Waals surface area contributed by atoms with Gasteiger partial charge in [-0.2, -0.15) is 9.47 Å². The molecule has 3 aromatic heterocycles. The molecule has 0 unspecified atom stereocenters. The van der Waals surface area contributed by atoms with Crippen LogP contribution in [0.15, 0.2) is 41.1 Å². The summed E-state index contributed by atoms with van der Waals surface area (Å²) in [5.74, 6) is 1.46. The first-order valence-electron chi connectivity index (χ1n) is 8.47. The number of hydrazone groups is 1. The second-order valence-corrected chi connectivity index (χ2v) is 7.76. The van der Waals surface area contributed by atoms with Crippen molar-refractivity contribution in [2.24, 2.45) is 5.10 Å². The second kappa shape index (κ2) is 7.53. The van der Waals surface area contributed by atoms with Gasteiger partial charge in [-0.15, -0.1) is 11.3 Å². The van der Waals surface area contributed by atoms with Crippen LogP contribution in [-0.2, 0) is 0 Å². The van der Waals surface area contributed by atoms with E-state index in [9.17, 15) is 0 Å². The van der Waals surface area contributed by atoms with Crippen molar-refractivity contribution < 1.29 is 4.74 Å². The van der Waals surface area contributed by atoms with Crippen molar-refractivity contribution in [3.63, 3.8) is 0 Å². The zero-order valence-corrected chi connectivity index (χ0v) is 17.2. The molecule has 0 atom stereocenters. The standard InChI is InChI=1S/C19H18N6OS2/c1-10(15-11(2)25-28-17(15)20)23-24-18-16-14(8-27-19(16)22-9-21-18)12-4-6-13(26-3)7-5-12/h4-9H,20H2,1-3H3,(H,21,22,24)/b23-10-. The molecule has 0 fully saturated rings. The van der Waals surface area contributed by atoms with E-state index in [1.165, 1.54) is 17.9 Å². The van der Waals surface area contributed by atoms with Crippen LogP contribution < -0.4 is 15.9 Å². The normalized spacial score (nSPS) is 11.8. The van der Waals surface area contributed by atoms with E-state index in [-0.39, 0.29) is 0 Å². The first-order valence-corrected chi connectivity index (χ1v) is 10.1. The van der Waals surface area contributed by atoms with E-state index in [2.05, 4.69) is 30.2 Å². The Hall–Kier alpha value is -3.04. The van der Waals surface area contributed by atoms with Crippen molar-refractivity contribution in [1.29, 1.82) is 0 Å². The van der Waals surface area contributed by atoms with Gasteiger partial charge in [-0.05, 0) is 43.1 Å². The summed E-state index contributed by atoms with van der Waals surface area (Å²) in [5, 5.41) is 8.16. The molecule has 3 heterocycles. The van der Waals surface area contributed by atoms with Gasteiger partial charge in [0.25, 0.3) is 0 Å². The number of methoxy groups -OCH3 is 1. The molecule has 0 spiro atoms. The van der Waals surface area contributed by atoms with Crippen LogP contribution in [-0.4, -0.2) is 27.2 Å². The fraction of sp³-hybridized carbons (Fsp3) is 0.158. The molecule has 0 saturated carbocycles. The van der Waals surface area contributed by atoms with Crippen molar-refractivity contribution in [1.82, 2.24) is 14.3 Å². The number of nitrogen functional groups attached to an aromatic ring is 1. The largest absolute Gasteiger partial charge is 0.497 e. The first kappa shape index (κ1) is 18.3. The molecule has 142 valence electrons. The van der Waals surface area contributed by atoms with Crippen LogP contribution in [0.5, 0.6) is 5.75 Å². The number of nitrogens with zero attached hydrogens (tertiary/aromatic N) is 4. The Labute approximate surface area is 170 Å². The lowest BCUT2D eigenvalue weighted by atomic mass is 10.1. The molecule has 4 aromatic rings. The van der Waals surface area contributed by atoms with E-state index in [4.69, 9.17) is 10.5 Å². The highest BCUT2D eigenvalue weighted by atomic mass is 32.1. The second-order valence-electron chi connectivity index (χ2n) is 6.10. The zero-order valence-electron chi connectivity index (χ0n) is 15.6. The Morgan fingerprint density at radius 1 is 1.21 bits per heavy atom. The third-order valence-corrected chi connectivity index (χ3v) is 6.00. The fourth-order valence-electron chi connectivity index (χ4n) is 2.96. The molecule has 7 nitrogen and oxygen atoms in total. The number of aryl methyl sites for hydroxylation is 1. The van der Waals surface area contributed by atoms with Crippen LogP contribution in [0.2, 0.25) is 0 Å². The zero-order chi connectivity index (χ0) is 19.7. The molecule has 28 heavy (non-hydrogen) atoms. The van der Waals surface area contributed by atoms with Gasteiger partial charge in [-0.1, -0.05) is 12.1 Å². The number of anilines is 2. The summed E-state index contributed by atoms with van der Waals surface area (Å²) in [5.41, 5.74) is 13.7. The number of nitrogens with two attached hydrogens (primary N) is 1. The van der Waals surface area contributed by atoms with Gasteiger partial charge in [0, 0.05) is 10.9 Å². The lowest BCUT2D eigenvalue weighted by molar-refractivity contribution is 0.415. The molecule has 0 saturated heterocycles. The van der Waals surface area contributed by atoms with E-state index >= 15 is 0 Å². The monoisotopic (exact) mass is 410 g/mol. The number of rotatable bonds is 5. The minimum atomic E-state index is 0.649. The van der Waals surface area contributed by atoms with Gasteiger partial charge in [-0.3, -0.25) is 5.43 Å². The highest BCUT2D eigenvalue weighted by Crippen LogP contribution is 2.37. The number of ether oxygens (including phenoxy) is 1. The van der Waals surface area contributed by atoms with Crippen LogP contribution in [0.4, 0.5) is 10.8 Å². The predicted octanol–water partition coefficient (Wildman–Crippen LogP) is 4.55. The maximum absolute atomic E-state index is 6.02. The van der Waals surface area contributed by atoms with Gasteiger partial charge in [0.05, 0.1) is 29.5 Å². The van der Waals surface area contributed by atoms with Crippen LogP contribution in [0, 0.1) is 6.92 Å². The maximum Gasteiger partial charge on any atom is 0.159 e. The number of nitrogens with one attached hydrogen (secondary N) is 1. The molecular weight excluding hydrogens is 392 g/mol. The van der Waals surface area contributed by atoms with Gasteiger partial charge >= 0.3 is 0 Å². The van der Waals surface area contributed by atoms with Crippen LogP contribution in [0.1, 0.15) is 18.2 Å². The first-order chi connectivity index (χ1) is 13.6. The van der Waals surface area contributed by atoms with Crippen molar-refractivity contribution in [3.8, 4) is 16.9 Å². The summed E-state index contributed by atoms with van der Waals surface area (Å²) < 4.78 is 9.53. The number of fused-ring (bicyclic) bond motifs is 1. The highest BCUT2D eigenvalue weighted by Gasteiger charge is 2.14. The molecule has 9 heteroatoms. The Morgan fingerprint density at radius 2 is 2.00 bits per heavy atom. The Kier molecular flexibility index (Phi) is 4.93. The van der Waals surface area contributed by atoms with Gasteiger partial charge in [-0.25, -0.2) is 9.97 Å². The van der Waals surface area contributed by atoms with E-state index in [1.54, 1.807) is 18.4 Å². The predicted molar refractivity (Wildman–Crippen MR) is 117 cm³/mol. The molecule has 0 bridgehead atoms. The summed E-state index contributed by atoms with van der Waals surface area (Å²) in [6.07, 6.45) is 1.54. The molecule has 0 aliphatic heterocycles. The third kappa shape index (κ3) is 3.30. The van der Waals surface area contributed by atoms with Gasteiger partial charge in [0.2, 0.25) is 0 Å². The molecule has 0 radical (unpaired) electrons. The minimum Gasteiger partial charge on any atom is -0.497 e. The molecule has 0 aliphatic rings. The van der Waals surface area contributed by atoms with Crippen molar-refractivity contribution in [3.05, 3.63) is 47.2 Å². The molecule has 0 aliphatic carbocycles. The SMILES string of the molecule is COc1ccc(-c2csc3ncnc(N/N=C(/C)c4c(C)nsc4N)c23)cc1. The summed E-state index contributed by atoms with van der Waals surface area (Å²) in [6, 6.07) is 7.92. The number of hydrogen-bond donors (Lipinski definition) is 2. The van der Waals surface area contributed by atoms with Gasteiger partial charge in [0.1, 0.15) is 21.9 Å². The number of aromatic nitrogens is 3. The minimum absolute atomic E-state index is 0.649. The van der Waals surface area contributed by atoms with Crippen LogP contribution in [0.25, 0.3) is 21.3 Å². The third-order valence-electron chi connectivity index (χ3n) is 4.35. The van der Waals surface area contributed by atoms with E-state index in [0.29, 0.717) is 10.8 Å². The van der Waals surface area contributed by atoms with E-state index in [0.717, 1.165) is 44.1 Å². The van der Waals surface area contributed by atoms with Gasteiger partial charge in [0.15, 0.2) is 5.82 Å². The Bertz CT molecular complexity index is 1140. The Balaban J connectivity index is 1.73. The summed E-state index contributed by atoms with van der Waals surface area (Å²) in [6.45, 7) is 3.82. The summed E-state index contributed by atoms with van der Waals surface area (Å²) >= 11 is 2.84. The smallest absolute Gasteiger partial charge is 0.159 e. The van der Waals surface area contributed by atoms with Crippen molar-refractivity contribution >= 4 is 49.6 Å². The lowest BCUT2D eigenvalue weighted by Crippen LogP contribution is -2.04. The van der Waals surface area contributed by atoms with Crippen molar-refractivity contribution in [2.45, 2.75) is 13.8 Å². The molecule has 3 N–H and O–H groups in total. The average Bonchev–Trinajstić information content (AvgIpc) is 3.29. The Morgan fingerprint density at radius 3 is 2.68 bits per heavy atom. The van der Waals surface area contributed by atoms with E-state index in [1.807, 2.05) is 38.1 Å². The molecule has 0 amide bonds. The van der Waals surface area contributed by atoms with Crippen molar-refractivity contribution in [2.75, 3.05) is 18.3 Å². The number of benzene rings is 1. The average molecular weight is 411 g/mol. The number of thiophene rings is 1. The quantitative estimate of drug-likeness (QED) is 0.370.